The first kappa shape index (κ1) is 16.4. The maximum atomic E-state index is 12.5. The molecule has 1 amide bonds. The number of methoxy groups -OCH3 is 1. The third-order valence-electron chi connectivity index (χ3n) is 3.45. The molecule has 6 nitrogen and oxygen atoms in total. The zero-order valence-electron chi connectivity index (χ0n) is 11.9. The van der Waals surface area contributed by atoms with E-state index in [1.54, 1.807) is 24.6 Å². The number of thiophene rings is 1. The molecule has 1 fully saturated rings. The summed E-state index contributed by atoms with van der Waals surface area (Å²) in [5.74, 6) is -0.386. The molecule has 1 atom stereocenters. The smallest absolute Gasteiger partial charge is 0.252 e. The van der Waals surface area contributed by atoms with E-state index in [2.05, 4.69) is 5.32 Å². The van der Waals surface area contributed by atoms with Crippen LogP contribution in [0.25, 0.3) is 0 Å². The van der Waals surface area contributed by atoms with Gasteiger partial charge in [0.1, 0.15) is 4.21 Å². The summed E-state index contributed by atoms with van der Waals surface area (Å²) in [6.07, 6.45) is 1.42. The summed E-state index contributed by atoms with van der Waals surface area (Å²) in [6, 6.07) is 3.32. The molecule has 0 aromatic carbocycles. The van der Waals surface area contributed by atoms with Gasteiger partial charge in [0.25, 0.3) is 10.0 Å². The summed E-state index contributed by atoms with van der Waals surface area (Å²) in [5, 5.41) is 4.52. The van der Waals surface area contributed by atoms with Gasteiger partial charge in [-0.2, -0.15) is 4.31 Å². The van der Waals surface area contributed by atoms with Crippen molar-refractivity contribution in [1.29, 1.82) is 0 Å². The third-order valence-corrected chi connectivity index (χ3v) is 6.69. The maximum Gasteiger partial charge on any atom is 0.252 e. The minimum absolute atomic E-state index is 0.0990. The van der Waals surface area contributed by atoms with Crippen LogP contribution in [-0.4, -0.2) is 52.0 Å². The number of piperidine rings is 1. The van der Waals surface area contributed by atoms with Crippen molar-refractivity contribution in [2.45, 2.75) is 17.1 Å². The van der Waals surface area contributed by atoms with Gasteiger partial charge in [-0.1, -0.05) is 6.07 Å². The van der Waals surface area contributed by atoms with Crippen LogP contribution in [0.2, 0.25) is 0 Å². The number of nitrogens with zero attached hydrogens (tertiary/aromatic N) is 1. The van der Waals surface area contributed by atoms with Crippen LogP contribution < -0.4 is 5.32 Å². The van der Waals surface area contributed by atoms with Crippen LogP contribution in [0.3, 0.4) is 0 Å². The number of carbonyl (C=O) groups is 1. The number of nitrogens with one attached hydrogen (secondary N) is 1. The van der Waals surface area contributed by atoms with E-state index in [0.717, 1.165) is 6.42 Å². The van der Waals surface area contributed by atoms with E-state index in [1.165, 1.54) is 15.6 Å². The van der Waals surface area contributed by atoms with Crippen molar-refractivity contribution in [3.8, 4) is 0 Å². The van der Waals surface area contributed by atoms with Crippen molar-refractivity contribution >= 4 is 27.3 Å². The zero-order chi connectivity index (χ0) is 15.3. The molecular formula is C13H20N2O4S2. The Hall–Kier alpha value is -0.960. The Bertz CT molecular complexity index is 557. The minimum Gasteiger partial charge on any atom is -0.383 e. The van der Waals surface area contributed by atoms with Gasteiger partial charge in [0.05, 0.1) is 12.5 Å². The first-order valence-electron chi connectivity index (χ1n) is 6.86. The first-order valence-corrected chi connectivity index (χ1v) is 9.18. The topological polar surface area (TPSA) is 75.7 Å². The third kappa shape index (κ3) is 4.03. The van der Waals surface area contributed by atoms with Gasteiger partial charge >= 0.3 is 0 Å². The molecule has 2 rings (SSSR count). The summed E-state index contributed by atoms with van der Waals surface area (Å²) in [5.41, 5.74) is 0. The molecule has 0 radical (unpaired) electrons. The number of carbonyl (C=O) groups excluding carboxylic acids is 1. The first-order chi connectivity index (χ1) is 10.1. The van der Waals surface area contributed by atoms with Crippen molar-refractivity contribution in [2.24, 2.45) is 5.92 Å². The fourth-order valence-corrected chi connectivity index (χ4v) is 5.00. The largest absolute Gasteiger partial charge is 0.383 e. The molecule has 0 spiro atoms. The predicted octanol–water partition coefficient (Wildman–Crippen LogP) is 0.911. The molecular weight excluding hydrogens is 312 g/mol. The average molecular weight is 332 g/mol. The van der Waals surface area contributed by atoms with E-state index in [4.69, 9.17) is 4.74 Å². The highest BCUT2D eigenvalue weighted by atomic mass is 32.2. The number of hydrogen-bond donors (Lipinski definition) is 1. The Morgan fingerprint density at radius 2 is 2.38 bits per heavy atom. The van der Waals surface area contributed by atoms with Gasteiger partial charge in [0.15, 0.2) is 0 Å². The summed E-state index contributed by atoms with van der Waals surface area (Å²) < 4.78 is 31.6. The molecule has 1 aliphatic rings. The highest BCUT2D eigenvalue weighted by Crippen LogP contribution is 2.26. The fraction of sp³-hybridized carbons (Fsp3) is 0.615. The van der Waals surface area contributed by atoms with Crippen molar-refractivity contribution in [3.63, 3.8) is 0 Å². The fourth-order valence-electron chi connectivity index (χ4n) is 2.33. The van der Waals surface area contributed by atoms with Crippen molar-refractivity contribution in [3.05, 3.63) is 17.5 Å². The molecule has 1 saturated heterocycles. The molecule has 0 aliphatic carbocycles. The molecule has 8 heteroatoms. The van der Waals surface area contributed by atoms with Gasteiger partial charge in [-0.05, 0) is 24.3 Å². The Labute approximate surface area is 129 Å². The summed E-state index contributed by atoms with van der Waals surface area (Å²) in [7, 11) is -1.89. The van der Waals surface area contributed by atoms with E-state index < -0.39 is 10.0 Å². The molecule has 1 N–H and O–H groups in total. The van der Waals surface area contributed by atoms with Crippen LogP contribution in [0.5, 0.6) is 0 Å². The van der Waals surface area contributed by atoms with E-state index in [1.807, 2.05) is 0 Å². The molecule has 0 saturated carbocycles. The summed E-state index contributed by atoms with van der Waals surface area (Å²) >= 11 is 1.20. The van der Waals surface area contributed by atoms with E-state index in [-0.39, 0.29) is 18.4 Å². The molecule has 21 heavy (non-hydrogen) atoms. The number of ether oxygens (including phenoxy) is 1. The number of rotatable bonds is 6. The molecule has 0 bridgehead atoms. The van der Waals surface area contributed by atoms with Gasteiger partial charge in [0, 0.05) is 26.7 Å². The molecule has 1 aliphatic heterocycles. The van der Waals surface area contributed by atoms with Crippen LogP contribution in [-0.2, 0) is 19.6 Å². The SMILES string of the molecule is COCCNC(=O)C1CCCN(S(=O)(=O)c2cccs2)C1. The average Bonchev–Trinajstić information content (AvgIpc) is 3.02. The lowest BCUT2D eigenvalue weighted by Gasteiger charge is -2.30. The van der Waals surface area contributed by atoms with Gasteiger partial charge in [-0.3, -0.25) is 4.79 Å². The normalized spacial score (nSPS) is 20.3. The van der Waals surface area contributed by atoms with E-state index in [9.17, 15) is 13.2 Å². The standard InChI is InChI=1S/C13H20N2O4S2/c1-19-8-6-14-13(16)11-4-2-7-15(10-11)21(17,18)12-5-3-9-20-12/h3,5,9,11H,2,4,6-8,10H2,1H3,(H,14,16). The number of amides is 1. The van der Waals surface area contributed by atoms with Crippen LogP contribution in [0.4, 0.5) is 0 Å². The highest BCUT2D eigenvalue weighted by Gasteiger charge is 2.33. The van der Waals surface area contributed by atoms with Crippen LogP contribution in [0.15, 0.2) is 21.7 Å². The van der Waals surface area contributed by atoms with Gasteiger partial charge < -0.3 is 10.1 Å². The summed E-state index contributed by atoms with van der Waals surface area (Å²) in [4.78, 5) is 12.0. The Kier molecular flexibility index (Phi) is 5.74. The Balaban J connectivity index is 1.99. The number of sulfonamides is 1. The second kappa shape index (κ2) is 7.35. The highest BCUT2D eigenvalue weighted by molar-refractivity contribution is 7.91. The van der Waals surface area contributed by atoms with E-state index >= 15 is 0 Å². The predicted molar refractivity (Wildman–Crippen MR) is 80.7 cm³/mol. The van der Waals surface area contributed by atoms with Gasteiger partial charge in [-0.25, -0.2) is 8.42 Å². The van der Waals surface area contributed by atoms with Crippen molar-refractivity contribution in [1.82, 2.24) is 9.62 Å². The Morgan fingerprint density at radius 3 is 3.05 bits per heavy atom. The van der Waals surface area contributed by atoms with Crippen LogP contribution >= 0.6 is 11.3 Å². The summed E-state index contributed by atoms with van der Waals surface area (Å²) in [6.45, 7) is 1.63. The van der Waals surface area contributed by atoms with Crippen molar-refractivity contribution < 1.29 is 17.9 Å². The lowest BCUT2D eigenvalue weighted by molar-refractivity contribution is -0.126. The second-order valence-electron chi connectivity index (χ2n) is 4.92. The van der Waals surface area contributed by atoms with E-state index in [0.29, 0.717) is 30.3 Å². The molecule has 2 heterocycles. The van der Waals surface area contributed by atoms with Gasteiger partial charge in [-0.15, -0.1) is 11.3 Å². The van der Waals surface area contributed by atoms with Gasteiger partial charge in [0.2, 0.25) is 5.91 Å². The zero-order valence-corrected chi connectivity index (χ0v) is 13.6. The lowest BCUT2D eigenvalue weighted by atomic mass is 9.99. The van der Waals surface area contributed by atoms with Crippen LogP contribution in [0, 0.1) is 5.92 Å². The minimum atomic E-state index is -3.46. The van der Waals surface area contributed by atoms with Crippen LogP contribution in [0.1, 0.15) is 12.8 Å². The second-order valence-corrected chi connectivity index (χ2v) is 8.03. The molecule has 1 aromatic heterocycles. The lowest BCUT2D eigenvalue weighted by Crippen LogP contribution is -2.45. The molecule has 118 valence electrons. The number of hydrogen-bond acceptors (Lipinski definition) is 5. The molecule has 1 aromatic rings. The van der Waals surface area contributed by atoms with Crippen molar-refractivity contribution in [2.75, 3.05) is 33.4 Å². The quantitative estimate of drug-likeness (QED) is 0.786. The Morgan fingerprint density at radius 1 is 1.57 bits per heavy atom. The molecule has 1 unspecified atom stereocenters. The maximum absolute atomic E-state index is 12.5. The monoisotopic (exact) mass is 332 g/mol.